The third-order valence-electron chi connectivity index (χ3n) is 3.87. The molecule has 0 unspecified atom stereocenters. The molecule has 1 N–H and O–H groups in total. The van der Waals surface area contributed by atoms with Crippen LogP contribution in [0.4, 0.5) is 0 Å². The number of aryl methyl sites for hydroxylation is 1. The molecular formula is C18H18N2O2S. The van der Waals surface area contributed by atoms with Crippen LogP contribution < -0.4 is 4.74 Å². The summed E-state index contributed by atoms with van der Waals surface area (Å²) in [6, 6.07) is 7.85. The summed E-state index contributed by atoms with van der Waals surface area (Å²) in [6.07, 6.45) is 0. The predicted molar refractivity (Wildman–Crippen MR) is 93.4 cm³/mol. The second-order valence-electron chi connectivity index (χ2n) is 5.45. The number of H-pyrrole nitrogens is 1. The van der Waals surface area contributed by atoms with Crippen molar-refractivity contribution in [1.29, 1.82) is 0 Å². The van der Waals surface area contributed by atoms with Gasteiger partial charge in [0.2, 0.25) is 0 Å². The lowest BCUT2D eigenvalue weighted by Crippen LogP contribution is -1.94. The molecule has 4 nitrogen and oxygen atoms in total. The lowest BCUT2D eigenvalue weighted by molar-refractivity contribution is 0.101. The quantitative estimate of drug-likeness (QED) is 0.711. The van der Waals surface area contributed by atoms with Crippen LogP contribution in [0, 0.1) is 13.8 Å². The molecule has 0 amide bonds. The van der Waals surface area contributed by atoms with Gasteiger partial charge in [0, 0.05) is 22.2 Å². The van der Waals surface area contributed by atoms with Crippen LogP contribution in [0.2, 0.25) is 0 Å². The summed E-state index contributed by atoms with van der Waals surface area (Å²) in [5.41, 5.74) is 5.40. The van der Waals surface area contributed by atoms with E-state index >= 15 is 0 Å². The third-order valence-corrected chi connectivity index (χ3v) is 4.76. The van der Waals surface area contributed by atoms with E-state index in [9.17, 15) is 4.79 Å². The topological polar surface area (TPSA) is 55.0 Å². The molecule has 3 aromatic rings. The summed E-state index contributed by atoms with van der Waals surface area (Å²) in [5.74, 6) is 0.885. The summed E-state index contributed by atoms with van der Waals surface area (Å²) < 4.78 is 5.27. The lowest BCUT2D eigenvalue weighted by atomic mass is 10.1. The Morgan fingerprint density at radius 2 is 2.09 bits per heavy atom. The van der Waals surface area contributed by atoms with Crippen molar-refractivity contribution < 1.29 is 9.53 Å². The minimum absolute atomic E-state index is 0.0748. The number of hydrogen-bond donors (Lipinski definition) is 1. The number of ketones is 1. The summed E-state index contributed by atoms with van der Waals surface area (Å²) in [4.78, 5) is 19.8. The summed E-state index contributed by atoms with van der Waals surface area (Å²) >= 11 is 1.58. The van der Waals surface area contributed by atoms with Crippen molar-refractivity contribution in [3.63, 3.8) is 0 Å². The Morgan fingerprint density at radius 1 is 1.30 bits per heavy atom. The van der Waals surface area contributed by atoms with Gasteiger partial charge in [0.25, 0.3) is 0 Å². The minimum Gasteiger partial charge on any atom is -0.497 e. The fourth-order valence-corrected chi connectivity index (χ4v) is 3.62. The van der Waals surface area contributed by atoms with Gasteiger partial charge in [-0.3, -0.25) is 4.79 Å². The Balaban J connectivity index is 2.02. The Bertz CT molecular complexity index is 877. The SMILES string of the molecule is COc1cccc(-c2nc(-c3[nH]c(C)c(C(C)=O)c3C)cs2)c1. The molecule has 0 radical (unpaired) electrons. The first kappa shape index (κ1) is 15.5. The number of nitrogens with zero attached hydrogens (tertiary/aromatic N) is 1. The van der Waals surface area contributed by atoms with Crippen LogP contribution in [-0.4, -0.2) is 22.9 Å². The monoisotopic (exact) mass is 326 g/mol. The van der Waals surface area contributed by atoms with E-state index in [1.54, 1.807) is 25.4 Å². The summed E-state index contributed by atoms with van der Waals surface area (Å²) in [7, 11) is 1.65. The first-order chi connectivity index (χ1) is 11.0. The molecule has 1 aromatic carbocycles. The standard InChI is InChI=1S/C18H18N2O2S/c1-10-16(12(3)21)11(2)19-17(10)15-9-23-18(20-15)13-6-5-7-14(8-13)22-4/h5-9,19H,1-4H3. The molecule has 0 fully saturated rings. The van der Waals surface area contributed by atoms with Gasteiger partial charge in [-0.25, -0.2) is 4.98 Å². The zero-order chi connectivity index (χ0) is 16.6. The number of carbonyl (C=O) groups is 1. The van der Waals surface area contributed by atoms with Crippen LogP contribution in [0.5, 0.6) is 5.75 Å². The smallest absolute Gasteiger partial charge is 0.161 e. The van der Waals surface area contributed by atoms with E-state index in [1.807, 2.05) is 43.5 Å². The highest BCUT2D eigenvalue weighted by atomic mass is 32.1. The molecule has 3 rings (SSSR count). The molecule has 0 saturated heterocycles. The lowest BCUT2D eigenvalue weighted by Gasteiger charge is -2.01. The van der Waals surface area contributed by atoms with Gasteiger partial charge in [0.05, 0.1) is 18.5 Å². The number of ether oxygens (including phenoxy) is 1. The first-order valence-electron chi connectivity index (χ1n) is 7.31. The summed E-state index contributed by atoms with van der Waals surface area (Å²) in [6.45, 7) is 5.47. The number of benzene rings is 1. The number of Topliss-reactive ketones (excluding diaryl/α,β-unsaturated/α-hetero) is 1. The summed E-state index contributed by atoms with van der Waals surface area (Å²) in [5, 5.41) is 2.94. The third kappa shape index (κ3) is 2.80. The van der Waals surface area contributed by atoms with Gasteiger partial charge in [-0.2, -0.15) is 0 Å². The highest BCUT2D eigenvalue weighted by Gasteiger charge is 2.18. The Morgan fingerprint density at radius 3 is 2.74 bits per heavy atom. The van der Waals surface area contributed by atoms with Gasteiger partial charge in [0.1, 0.15) is 10.8 Å². The van der Waals surface area contributed by atoms with Gasteiger partial charge in [0.15, 0.2) is 5.78 Å². The van der Waals surface area contributed by atoms with Crippen LogP contribution in [0.1, 0.15) is 28.5 Å². The number of aromatic amines is 1. The van der Waals surface area contributed by atoms with Crippen molar-refractivity contribution in [2.75, 3.05) is 7.11 Å². The average molecular weight is 326 g/mol. The highest BCUT2D eigenvalue weighted by molar-refractivity contribution is 7.13. The van der Waals surface area contributed by atoms with E-state index in [4.69, 9.17) is 9.72 Å². The Labute approximate surface area is 139 Å². The van der Waals surface area contributed by atoms with E-state index in [1.165, 1.54) is 0 Å². The van der Waals surface area contributed by atoms with Crippen LogP contribution in [0.25, 0.3) is 22.0 Å². The number of carbonyl (C=O) groups excluding carboxylic acids is 1. The van der Waals surface area contributed by atoms with Gasteiger partial charge in [-0.05, 0) is 38.5 Å². The van der Waals surface area contributed by atoms with E-state index in [2.05, 4.69) is 4.98 Å². The largest absolute Gasteiger partial charge is 0.497 e. The van der Waals surface area contributed by atoms with Crippen LogP contribution in [0.3, 0.4) is 0 Å². The predicted octanol–water partition coefficient (Wildman–Crippen LogP) is 4.63. The molecule has 2 aromatic heterocycles. The Hall–Kier alpha value is -2.40. The molecular weight excluding hydrogens is 308 g/mol. The van der Waals surface area contributed by atoms with Crippen molar-refractivity contribution in [3.8, 4) is 27.7 Å². The molecule has 5 heteroatoms. The van der Waals surface area contributed by atoms with E-state index in [0.717, 1.165) is 44.5 Å². The van der Waals surface area contributed by atoms with Crippen molar-refractivity contribution in [3.05, 3.63) is 46.5 Å². The molecule has 118 valence electrons. The molecule has 0 spiro atoms. The van der Waals surface area contributed by atoms with Crippen molar-refractivity contribution in [1.82, 2.24) is 9.97 Å². The van der Waals surface area contributed by atoms with E-state index in [-0.39, 0.29) is 5.78 Å². The zero-order valence-electron chi connectivity index (χ0n) is 13.6. The molecule has 0 aliphatic heterocycles. The number of nitrogens with one attached hydrogen (secondary N) is 1. The van der Waals surface area contributed by atoms with Crippen LogP contribution in [0.15, 0.2) is 29.6 Å². The number of thiazole rings is 1. The zero-order valence-corrected chi connectivity index (χ0v) is 14.4. The van der Waals surface area contributed by atoms with E-state index in [0.29, 0.717) is 0 Å². The van der Waals surface area contributed by atoms with Crippen LogP contribution in [-0.2, 0) is 0 Å². The Kier molecular flexibility index (Phi) is 4.05. The van der Waals surface area contributed by atoms with Gasteiger partial charge in [-0.15, -0.1) is 11.3 Å². The number of aromatic nitrogens is 2. The van der Waals surface area contributed by atoms with Gasteiger partial charge >= 0.3 is 0 Å². The minimum atomic E-state index is 0.0748. The van der Waals surface area contributed by atoms with Crippen molar-refractivity contribution in [2.45, 2.75) is 20.8 Å². The maximum absolute atomic E-state index is 11.8. The second-order valence-corrected chi connectivity index (χ2v) is 6.31. The normalized spacial score (nSPS) is 10.8. The number of rotatable bonds is 4. The molecule has 23 heavy (non-hydrogen) atoms. The van der Waals surface area contributed by atoms with Crippen LogP contribution >= 0.6 is 11.3 Å². The fourth-order valence-electron chi connectivity index (χ4n) is 2.81. The maximum atomic E-state index is 11.8. The fraction of sp³-hybridized carbons (Fsp3) is 0.222. The highest BCUT2D eigenvalue weighted by Crippen LogP contribution is 2.33. The molecule has 0 aliphatic rings. The van der Waals surface area contributed by atoms with Gasteiger partial charge < -0.3 is 9.72 Å². The van der Waals surface area contributed by atoms with Crippen molar-refractivity contribution >= 4 is 17.1 Å². The first-order valence-corrected chi connectivity index (χ1v) is 8.19. The number of methoxy groups -OCH3 is 1. The van der Waals surface area contributed by atoms with Crippen molar-refractivity contribution in [2.24, 2.45) is 0 Å². The molecule has 0 atom stereocenters. The molecule has 0 aliphatic carbocycles. The average Bonchev–Trinajstić information content (AvgIpc) is 3.12. The van der Waals surface area contributed by atoms with Gasteiger partial charge in [-0.1, -0.05) is 12.1 Å². The molecule has 0 saturated carbocycles. The second kappa shape index (κ2) is 6.01. The van der Waals surface area contributed by atoms with E-state index < -0.39 is 0 Å². The molecule has 0 bridgehead atoms. The maximum Gasteiger partial charge on any atom is 0.161 e. The molecule has 2 heterocycles. The number of hydrogen-bond acceptors (Lipinski definition) is 4.